The lowest BCUT2D eigenvalue weighted by Crippen LogP contribution is -2.48. The third-order valence-electron chi connectivity index (χ3n) is 6.55. The van der Waals surface area contributed by atoms with Crippen molar-refractivity contribution < 1.29 is 26.3 Å². The molecule has 0 radical (unpaired) electrons. The molecule has 3 aromatic carbocycles. The molecule has 12 heteroatoms. The van der Waals surface area contributed by atoms with Crippen molar-refractivity contribution in [3.8, 4) is 5.75 Å². The molecule has 1 saturated heterocycles. The van der Waals surface area contributed by atoms with Crippen LogP contribution in [0.5, 0.6) is 5.75 Å². The Kier molecular flexibility index (Phi) is 8.39. The average Bonchev–Trinajstić information content (AvgIpc) is 3.44. The Morgan fingerprint density at radius 1 is 0.927 bits per heavy atom. The van der Waals surface area contributed by atoms with Gasteiger partial charge in [0.1, 0.15) is 5.75 Å². The minimum absolute atomic E-state index is 0.199. The van der Waals surface area contributed by atoms with E-state index in [9.17, 15) is 21.6 Å². The standard InChI is InChI=1S/C29H26ClF3N4O3S/c30-25-17-23(16-24(18-25)20-35-11-10-34-21-35)5-4-22-6-8-26(9-7-22)36-12-14-37(15-13-36)41(38,39)28-3-1-2-27(19-28)40-29(31,32)33/h1-11,16-19,21H,12-15,20H2/b5-4+. The number of hydrogen-bond donors (Lipinski definition) is 0. The highest BCUT2D eigenvalue weighted by Crippen LogP contribution is 2.28. The normalized spacial score (nSPS) is 15.0. The van der Waals surface area contributed by atoms with Gasteiger partial charge in [0.2, 0.25) is 10.0 Å². The van der Waals surface area contributed by atoms with Crippen LogP contribution in [0, 0.1) is 0 Å². The molecule has 1 fully saturated rings. The van der Waals surface area contributed by atoms with Gasteiger partial charge in [0.05, 0.1) is 11.2 Å². The highest BCUT2D eigenvalue weighted by molar-refractivity contribution is 7.89. The van der Waals surface area contributed by atoms with Gasteiger partial charge >= 0.3 is 6.36 Å². The van der Waals surface area contributed by atoms with Crippen LogP contribution in [0.2, 0.25) is 5.02 Å². The Labute approximate surface area is 241 Å². The van der Waals surface area contributed by atoms with Crippen molar-refractivity contribution in [3.63, 3.8) is 0 Å². The first-order valence-electron chi connectivity index (χ1n) is 12.7. The number of imidazole rings is 1. The Bertz CT molecular complexity index is 1620. The Hall–Kier alpha value is -3.80. The molecule has 1 aliphatic heterocycles. The van der Waals surface area contributed by atoms with Gasteiger partial charge in [0.25, 0.3) is 0 Å². The summed E-state index contributed by atoms with van der Waals surface area (Å²) in [4.78, 5) is 5.90. The van der Waals surface area contributed by atoms with Crippen molar-refractivity contribution in [2.45, 2.75) is 17.8 Å². The zero-order valence-corrected chi connectivity index (χ0v) is 23.3. The second-order valence-corrected chi connectivity index (χ2v) is 11.8. The summed E-state index contributed by atoms with van der Waals surface area (Å²) in [5.74, 6) is -0.573. The second-order valence-electron chi connectivity index (χ2n) is 9.47. The molecular weight excluding hydrogens is 577 g/mol. The SMILES string of the molecule is O=S(=O)(c1cccc(OC(F)(F)F)c1)N1CCN(c2ccc(/C=C/c3cc(Cl)cc(Cn4ccnc4)c3)cc2)CC1. The summed E-state index contributed by atoms with van der Waals surface area (Å²) in [6, 6.07) is 18.3. The first-order valence-corrected chi connectivity index (χ1v) is 14.5. The first kappa shape index (κ1) is 28.7. The van der Waals surface area contributed by atoms with E-state index in [4.69, 9.17) is 11.6 Å². The molecule has 0 unspecified atom stereocenters. The molecule has 0 spiro atoms. The fourth-order valence-electron chi connectivity index (χ4n) is 4.61. The van der Waals surface area contributed by atoms with E-state index in [0.29, 0.717) is 24.7 Å². The summed E-state index contributed by atoms with van der Waals surface area (Å²) in [6.07, 6.45) is 4.48. The summed E-state index contributed by atoms with van der Waals surface area (Å²) in [6.45, 7) is 1.95. The number of hydrogen-bond acceptors (Lipinski definition) is 5. The van der Waals surface area contributed by atoms with Crippen LogP contribution >= 0.6 is 11.6 Å². The molecule has 214 valence electrons. The van der Waals surface area contributed by atoms with E-state index in [2.05, 4.69) is 20.7 Å². The zero-order valence-electron chi connectivity index (χ0n) is 21.7. The second kappa shape index (κ2) is 12.0. The molecule has 41 heavy (non-hydrogen) atoms. The number of nitrogens with zero attached hydrogens (tertiary/aromatic N) is 4. The largest absolute Gasteiger partial charge is 0.573 e. The van der Waals surface area contributed by atoms with Crippen LogP contribution in [0.3, 0.4) is 0 Å². The molecule has 4 aromatic rings. The third kappa shape index (κ3) is 7.49. The minimum Gasteiger partial charge on any atom is -0.406 e. The molecule has 1 aliphatic rings. The average molecular weight is 603 g/mol. The molecule has 5 rings (SSSR count). The van der Waals surface area contributed by atoms with Crippen LogP contribution in [0.1, 0.15) is 16.7 Å². The molecule has 7 nitrogen and oxygen atoms in total. The molecule has 0 aliphatic carbocycles. The van der Waals surface area contributed by atoms with Gasteiger partial charge in [-0.15, -0.1) is 13.2 Å². The van der Waals surface area contributed by atoms with Crippen LogP contribution in [-0.2, 0) is 16.6 Å². The van der Waals surface area contributed by atoms with Crippen LogP contribution in [0.4, 0.5) is 18.9 Å². The number of ether oxygens (including phenoxy) is 1. The highest BCUT2D eigenvalue weighted by atomic mass is 35.5. The number of anilines is 1. The van der Waals surface area contributed by atoms with Gasteiger partial charge in [-0.25, -0.2) is 13.4 Å². The minimum atomic E-state index is -4.90. The first-order chi connectivity index (χ1) is 19.5. The summed E-state index contributed by atoms with van der Waals surface area (Å²) < 4.78 is 70.9. The van der Waals surface area contributed by atoms with E-state index in [1.54, 1.807) is 12.5 Å². The van der Waals surface area contributed by atoms with Crippen molar-refractivity contribution in [2.24, 2.45) is 0 Å². The quantitative estimate of drug-likeness (QED) is 0.226. The van der Waals surface area contributed by atoms with Crippen molar-refractivity contribution >= 4 is 39.5 Å². The lowest BCUT2D eigenvalue weighted by Gasteiger charge is -2.35. The van der Waals surface area contributed by atoms with Crippen LogP contribution in [0.25, 0.3) is 12.2 Å². The molecule has 0 amide bonds. The van der Waals surface area contributed by atoms with Gasteiger partial charge in [0, 0.05) is 61.9 Å². The molecule has 0 bridgehead atoms. The van der Waals surface area contributed by atoms with Gasteiger partial charge in [0.15, 0.2) is 0 Å². The number of sulfonamides is 1. The summed E-state index contributed by atoms with van der Waals surface area (Å²) in [5, 5.41) is 0.654. The van der Waals surface area contributed by atoms with E-state index in [0.717, 1.165) is 34.5 Å². The van der Waals surface area contributed by atoms with E-state index >= 15 is 0 Å². The van der Waals surface area contributed by atoms with Gasteiger partial charge in [-0.05, 0) is 59.2 Å². The van der Waals surface area contributed by atoms with E-state index in [1.807, 2.05) is 59.3 Å². The van der Waals surface area contributed by atoms with Crippen molar-refractivity contribution in [3.05, 3.63) is 107 Å². The lowest BCUT2D eigenvalue weighted by atomic mass is 10.1. The molecule has 0 N–H and O–H groups in total. The van der Waals surface area contributed by atoms with Gasteiger partial charge < -0.3 is 14.2 Å². The highest BCUT2D eigenvalue weighted by Gasteiger charge is 2.33. The molecule has 2 heterocycles. The predicted molar refractivity (Wildman–Crippen MR) is 152 cm³/mol. The van der Waals surface area contributed by atoms with E-state index < -0.39 is 22.1 Å². The van der Waals surface area contributed by atoms with Crippen molar-refractivity contribution in [1.82, 2.24) is 13.9 Å². The monoisotopic (exact) mass is 602 g/mol. The van der Waals surface area contributed by atoms with Crippen LogP contribution in [-0.4, -0.2) is 54.8 Å². The number of alkyl halides is 3. The Morgan fingerprint density at radius 3 is 2.34 bits per heavy atom. The maximum Gasteiger partial charge on any atom is 0.573 e. The van der Waals surface area contributed by atoms with Crippen molar-refractivity contribution in [2.75, 3.05) is 31.1 Å². The van der Waals surface area contributed by atoms with Gasteiger partial charge in [-0.3, -0.25) is 0 Å². The fourth-order valence-corrected chi connectivity index (χ4v) is 6.33. The molecule has 0 atom stereocenters. The molecule has 1 aromatic heterocycles. The Balaban J connectivity index is 1.20. The van der Waals surface area contributed by atoms with Crippen LogP contribution < -0.4 is 9.64 Å². The van der Waals surface area contributed by atoms with E-state index in [1.165, 1.54) is 16.4 Å². The topological polar surface area (TPSA) is 67.7 Å². The number of benzene rings is 3. The lowest BCUT2D eigenvalue weighted by molar-refractivity contribution is -0.274. The molecular formula is C29H26ClF3N4O3S. The van der Waals surface area contributed by atoms with Gasteiger partial charge in [-0.1, -0.05) is 42.0 Å². The zero-order chi connectivity index (χ0) is 29.0. The number of rotatable bonds is 8. The third-order valence-corrected chi connectivity index (χ3v) is 8.66. The number of piperazine rings is 1. The number of halogens is 4. The van der Waals surface area contributed by atoms with Crippen molar-refractivity contribution in [1.29, 1.82) is 0 Å². The predicted octanol–water partition coefficient (Wildman–Crippen LogP) is 6.16. The van der Waals surface area contributed by atoms with Gasteiger partial charge in [-0.2, -0.15) is 4.31 Å². The summed E-state index contributed by atoms with van der Waals surface area (Å²) in [5.41, 5.74) is 3.98. The summed E-state index contributed by atoms with van der Waals surface area (Å²) >= 11 is 6.33. The fraction of sp³-hybridized carbons (Fsp3) is 0.207. The maximum absolute atomic E-state index is 13.1. The Morgan fingerprint density at radius 2 is 1.66 bits per heavy atom. The summed E-state index contributed by atoms with van der Waals surface area (Å²) in [7, 11) is -3.97. The smallest absolute Gasteiger partial charge is 0.406 e. The number of aromatic nitrogens is 2. The maximum atomic E-state index is 13.1. The van der Waals surface area contributed by atoms with E-state index in [-0.39, 0.29) is 18.0 Å². The molecule has 0 saturated carbocycles. The van der Waals surface area contributed by atoms with Crippen LogP contribution in [0.15, 0.2) is 90.3 Å².